The van der Waals surface area contributed by atoms with Gasteiger partial charge in [0.25, 0.3) is 12.7 Å². The summed E-state index contributed by atoms with van der Waals surface area (Å²) in [6.07, 6.45) is 21.3. The van der Waals surface area contributed by atoms with E-state index >= 15 is 0 Å². The van der Waals surface area contributed by atoms with E-state index < -0.39 is 0 Å². The second kappa shape index (κ2) is 10.9. The van der Waals surface area contributed by atoms with Gasteiger partial charge in [-0.15, -0.1) is 9.36 Å². The number of hydrogen-bond acceptors (Lipinski definition) is 2. The summed E-state index contributed by atoms with van der Waals surface area (Å²) in [5.41, 5.74) is 0. The fraction of sp³-hybridized carbons (Fsp3) is 0.778. The molecule has 6 nitrogen and oxygen atoms in total. The zero-order chi connectivity index (χ0) is 17.0. The molecule has 2 heterocycles. The maximum absolute atomic E-state index is 4.29. The maximum Gasteiger partial charge on any atom is 0.265 e. The van der Waals surface area contributed by atoms with Crippen molar-refractivity contribution in [2.45, 2.75) is 77.3 Å². The third-order valence-corrected chi connectivity index (χ3v) is 4.45. The van der Waals surface area contributed by atoms with Gasteiger partial charge in [-0.1, -0.05) is 51.4 Å². The molecule has 0 aliphatic rings. The van der Waals surface area contributed by atoms with Crippen molar-refractivity contribution in [3.8, 4) is 0 Å². The third kappa shape index (κ3) is 7.70. The van der Waals surface area contributed by atoms with Crippen LogP contribution in [0.4, 0.5) is 0 Å². The molecule has 0 saturated heterocycles. The first-order valence-corrected chi connectivity index (χ1v) is 9.49. The monoisotopic (exact) mass is 334 g/mol. The fourth-order valence-electron chi connectivity index (χ4n) is 3.05. The molecule has 24 heavy (non-hydrogen) atoms. The zero-order valence-electron chi connectivity index (χ0n) is 15.5. The van der Waals surface area contributed by atoms with Gasteiger partial charge >= 0.3 is 0 Å². The molecule has 0 bridgehead atoms. The Bertz CT molecular complexity index is 509. The SMILES string of the molecule is Cn1c[n+](CCCCCCCCCCCCn2c[n+](C)cn2)cn1. The lowest BCUT2D eigenvalue weighted by atomic mass is 10.1. The van der Waals surface area contributed by atoms with Crippen molar-refractivity contribution in [3.63, 3.8) is 0 Å². The van der Waals surface area contributed by atoms with E-state index in [1.807, 2.05) is 53.3 Å². The largest absolute Gasteiger partial charge is 0.265 e. The lowest BCUT2D eigenvalue weighted by Crippen LogP contribution is -2.30. The number of nitrogens with zero attached hydrogens (tertiary/aromatic N) is 6. The molecule has 0 radical (unpaired) electrons. The lowest BCUT2D eigenvalue weighted by molar-refractivity contribution is -0.698. The molecule has 2 rings (SSSR count). The number of rotatable bonds is 13. The lowest BCUT2D eigenvalue weighted by Gasteiger charge is -2.02. The van der Waals surface area contributed by atoms with Gasteiger partial charge in [0.2, 0.25) is 12.7 Å². The van der Waals surface area contributed by atoms with E-state index in [1.54, 1.807) is 0 Å². The van der Waals surface area contributed by atoms with Crippen LogP contribution in [0.5, 0.6) is 0 Å². The predicted molar refractivity (Wildman–Crippen MR) is 93.0 cm³/mol. The van der Waals surface area contributed by atoms with Gasteiger partial charge in [-0.05, 0) is 12.8 Å². The van der Waals surface area contributed by atoms with E-state index in [-0.39, 0.29) is 0 Å². The van der Waals surface area contributed by atoms with Gasteiger partial charge in [-0.3, -0.25) is 0 Å². The molecule has 0 aliphatic heterocycles. The van der Waals surface area contributed by atoms with Crippen LogP contribution in [0.25, 0.3) is 0 Å². The van der Waals surface area contributed by atoms with Crippen LogP contribution in [0.1, 0.15) is 64.2 Å². The summed E-state index contributed by atoms with van der Waals surface area (Å²) in [7, 11) is 3.98. The van der Waals surface area contributed by atoms with Crippen molar-refractivity contribution in [1.82, 2.24) is 19.6 Å². The van der Waals surface area contributed by atoms with E-state index in [4.69, 9.17) is 0 Å². The van der Waals surface area contributed by atoms with Crippen molar-refractivity contribution in [1.29, 1.82) is 0 Å². The first-order valence-electron chi connectivity index (χ1n) is 9.49. The van der Waals surface area contributed by atoms with Gasteiger partial charge < -0.3 is 0 Å². The highest BCUT2D eigenvalue weighted by Crippen LogP contribution is 2.10. The van der Waals surface area contributed by atoms with E-state index in [9.17, 15) is 0 Å². The van der Waals surface area contributed by atoms with Gasteiger partial charge in [-0.25, -0.2) is 9.13 Å². The molecule has 6 heteroatoms. The molecule has 0 atom stereocenters. The van der Waals surface area contributed by atoms with Crippen LogP contribution in [0.2, 0.25) is 0 Å². The first-order chi connectivity index (χ1) is 11.7. The normalized spacial score (nSPS) is 11.2. The molecule has 0 aromatic carbocycles. The van der Waals surface area contributed by atoms with Gasteiger partial charge in [0.15, 0.2) is 0 Å². The number of aryl methyl sites for hydroxylation is 4. The fourth-order valence-corrected chi connectivity index (χ4v) is 3.05. The van der Waals surface area contributed by atoms with Crippen LogP contribution < -0.4 is 9.13 Å². The minimum Gasteiger partial charge on any atom is -0.240 e. The molecular formula is C18H34N6+2. The van der Waals surface area contributed by atoms with Crippen LogP contribution in [0, 0.1) is 0 Å². The summed E-state index contributed by atoms with van der Waals surface area (Å²) in [6, 6.07) is 0. The number of hydrogen-bond donors (Lipinski definition) is 0. The van der Waals surface area contributed by atoms with Crippen LogP contribution >= 0.6 is 0 Å². The zero-order valence-corrected chi connectivity index (χ0v) is 15.5. The quantitative estimate of drug-likeness (QED) is 0.417. The standard InChI is InChI=1S/C18H34N6/c1-21-15-20-24(17-21)14-12-10-8-6-4-3-5-7-9-11-13-23-16-19-22(2)18-23/h15-18H,3-14H2,1-2H3/q+2. The first kappa shape index (κ1) is 18.6. The van der Waals surface area contributed by atoms with Crippen LogP contribution in [0.15, 0.2) is 25.3 Å². The molecule has 2 aromatic heterocycles. The van der Waals surface area contributed by atoms with Crippen molar-refractivity contribution < 1.29 is 9.13 Å². The Morgan fingerprint density at radius 3 is 1.92 bits per heavy atom. The molecular weight excluding hydrogens is 300 g/mol. The maximum atomic E-state index is 4.29. The second-order valence-electron chi connectivity index (χ2n) is 6.87. The molecule has 0 saturated carbocycles. The van der Waals surface area contributed by atoms with Crippen molar-refractivity contribution in [2.24, 2.45) is 14.1 Å². The van der Waals surface area contributed by atoms with Gasteiger partial charge in [0.05, 0.1) is 20.6 Å². The number of aromatic nitrogens is 6. The van der Waals surface area contributed by atoms with E-state index in [2.05, 4.69) is 14.8 Å². The van der Waals surface area contributed by atoms with Crippen LogP contribution in [0.3, 0.4) is 0 Å². The van der Waals surface area contributed by atoms with Gasteiger partial charge in [0, 0.05) is 10.2 Å². The average Bonchev–Trinajstić information content (AvgIpc) is 3.17. The third-order valence-electron chi connectivity index (χ3n) is 4.45. The molecule has 134 valence electrons. The summed E-state index contributed by atoms with van der Waals surface area (Å²) in [5.74, 6) is 0. The minimum absolute atomic E-state index is 1.05. The Morgan fingerprint density at radius 2 is 1.38 bits per heavy atom. The Morgan fingerprint density at radius 1 is 0.750 bits per heavy atom. The Hall–Kier alpha value is -1.72. The van der Waals surface area contributed by atoms with Crippen LogP contribution in [-0.4, -0.2) is 19.6 Å². The molecule has 0 fully saturated rings. The molecule has 0 spiro atoms. The summed E-state index contributed by atoms with van der Waals surface area (Å²) < 4.78 is 8.05. The molecule has 0 unspecified atom stereocenters. The number of unbranched alkanes of at least 4 members (excludes halogenated alkanes) is 9. The Labute approximate surface area is 146 Å². The highest BCUT2D eigenvalue weighted by Gasteiger charge is 2.02. The van der Waals surface area contributed by atoms with E-state index in [1.165, 1.54) is 64.2 Å². The second-order valence-corrected chi connectivity index (χ2v) is 6.87. The van der Waals surface area contributed by atoms with E-state index in [0.717, 1.165) is 13.1 Å². The van der Waals surface area contributed by atoms with E-state index in [0.29, 0.717) is 0 Å². The molecule has 2 aromatic rings. The molecule has 0 amide bonds. The Kier molecular flexibility index (Phi) is 8.49. The summed E-state index contributed by atoms with van der Waals surface area (Å²) >= 11 is 0. The Balaban J connectivity index is 1.32. The van der Waals surface area contributed by atoms with Crippen LogP contribution in [-0.2, 0) is 27.2 Å². The summed E-state index contributed by atoms with van der Waals surface area (Å²) in [4.78, 5) is 0. The van der Waals surface area contributed by atoms with Crippen molar-refractivity contribution >= 4 is 0 Å². The molecule has 0 aliphatic carbocycles. The smallest absolute Gasteiger partial charge is 0.240 e. The average molecular weight is 335 g/mol. The highest BCUT2D eigenvalue weighted by atomic mass is 15.3. The van der Waals surface area contributed by atoms with Crippen molar-refractivity contribution in [3.05, 3.63) is 25.3 Å². The minimum atomic E-state index is 1.05. The topological polar surface area (TPSA) is 43.4 Å². The highest BCUT2D eigenvalue weighted by molar-refractivity contribution is 4.50. The summed E-state index contributed by atoms with van der Waals surface area (Å²) in [5, 5.41) is 8.47. The molecule has 0 N–H and O–H groups in total. The van der Waals surface area contributed by atoms with Gasteiger partial charge in [-0.2, -0.15) is 0 Å². The predicted octanol–water partition coefficient (Wildman–Crippen LogP) is 2.33. The van der Waals surface area contributed by atoms with Gasteiger partial charge in [0.1, 0.15) is 6.54 Å². The van der Waals surface area contributed by atoms with Crippen molar-refractivity contribution in [2.75, 3.05) is 0 Å². The summed E-state index contributed by atoms with van der Waals surface area (Å²) in [6.45, 7) is 2.15.